The van der Waals surface area contributed by atoms with Crippen LogP contribution in [0.5, 0.6) is 0 Å². The summed E-state index contributed by atoms with van der Waals surface area (Å²) in [5.41, 5.74) is 0.805. The number of hydrogen-bond donors (Lipinski definition) is 1. The highest BCUT2D eigenvalue weighted by molar-refractivity contribution is 6.31. The van der Waals surface area contributed by atoms with E-state index < -0.39 is 12.1 Å². The van der Waals surface area contributed by atoms with Crippen LogP contribution in [0.25, 0.3) is 0 Å². The van der Waals surface area contributed by atoms with Crippen LogP contribution in [0.1, 0.15) is 18.9 Å². The third-order valence-electron chi connectivity index (χ3n) is 2.04. The van der Waals surface area contributed by atoms with E-state index in [1.807, 2.05) is 18.2 Å². The maximum absolute atomic E-state index is 10.7. The van der Waals surface area contributed by atoms with Gasteiger partial charge in [0.25, 0.3) is 0 Å². The van der Waals surface area contributed by atoms with E-state index in [1.54, 1.807) is 13.0 Å². The number of carboxylic acids is 1. The molecule has 0 heterocycles. The van der Waals surface area contributed by atoms with Crippen LogP contribution in [-0.2, 0) is 16.1 Å². The topological polar surface area (TPSA) is 46.5 Å². The molecule has 0 aliphatic rings. The lowest BCUT2D eigenvalue weighted by atomic mass is 10.2. The van der Waals surface area contributed by atoms with Gasteiger partial charge in [-0.15, -0.1) is 0 Å². The molecule has 0 fully saturated rings. The summed E-state index contributed by atoms with van der Waals surface area (Å²) < 4.78 is 5.24. The lowest BCUT2D eigenvalue weighted by Crippen LogP contribution is -2.22. The van der Waals surface area contributed by atoms with Crippen LogP contribution >= 0.6 is 11.6 Å². The van der Waals surface area contributed by atoms with Gasteiger partial charge < -0.3 is 9.84 Å². The summed E-state index contributed by atoms with van der Waals surface area (Å²) in [5.74, 6) is -0.940. The van der Waals surface area contributed by atoms with E-state index in [0.29, 0.717) is 11.4 Å². The molecule has 1 N–H and O–H groups in total. The van der Waals surface area contributed by atoms with Gasteiger partial charge in [0.05, 0.1) is 6.61 Å². The summed E-state index contributed by atoms with van der Waals surface area (Å²) in [6.07, 6.45) is -0.318. The fourth-order valence-corrected chi connectivity index (χ4v) is 1.36. The van der Waals surface area contributed by atoms with Crippen molar-refractivity contribution in [2.45, 2.75) is 26.1 Å². The van der Waals surface area contributed by atoms with Gasteiger partial charge in [0.1, 0.15) is 0 Å². The van der Waals surface area contributed by atoms with E-state index in [1.165, 1.54) is 0 Å². The quantitative estimate of drug-likeness (QED) is 0.843. The van der Waals surface area contributed by atoms with Gasteiger partial charge in [-0.05, 0) is 18.1 Å². The average molecular weight is 229 g/mol. The molecule has 0 aliphatic carbocycles. The SMILES string of the molecule is CCC(OCc1ccccc1Cl)C(=O)O. The Morgan fingerprint density at radius 2 is 2.20 bits per heavy atom. The Hall–Kier alpha value is -1.06. The van der Waals surface area contributed by atoms with Crippen molar-refractivity contribution in [1.82, 2.24) is 0 Å². The van der Waals surface area contributed by atoms with Crippen molar-refractivity contribution in [3.05, 3.63) is 34.9 Å². The molecule has 0 saturated carbocycles. The number of carbonyl (C=O) groups is 1. The van der Waals surface area contributed by atoms with Crippen LogP contribution in [0.2, 0.25) is 5.02 Å². The minimum atomic E-state index is -0.940. The Morgan fingerprint density at radius 3 is 2.73 bits per heavy atom. The number of rotatable bonds is 5. The molecule has 1 aromatic carbocycles. The van der Waals surface area contributed by atoms with Gasteiger partial charge in [0.15, 0.2) is 6.10 Å². The van der Waals surface area contributed by atoms with Crippen LogP contribution in [0.3, 0.4) is 0 Å². The summed E-state index contributed by atoms with van der Waals surface area (Å²) in [7, 11) is 0. The first-order valence-corrected chi connectivity index (χ1v) is 5.10. The number of carboxylic acid groups (broad SMARTS) is 1. The molecule has 0 saturated heterocycles. The minimum absolute atomic E-state index is 0.227. The van der Waals surface area contributed by atoms with Crippen molar-refractivity contribution in [2.24, 2.45) is 0 Å². The Kier molecular flexibility index (Phi) is 4.59. The van der Waals surface area contributed by atoms with Gasteiger partial charge >= 0.3 is 5.97 Å². The Morgan fingerprint density at radius 1 is 1.53 bits per heavy atom. The molecular formula is C11H13ClO3. The molecule has 0 amide bonds. The van der Waals surface area contributed by atoms with Crippen molar-refractivity contribution in [3.8, 4) is 0 Å². The molecule has 15 heavy (non-hydrogen) atoms. The number of halogens is 1. The molecule has 1 atom stereocenters. The Labute approximate surface area is 93.6 Å². The molecule has 3 nitrogen and oxygen atoms in total. The molecule has 0 spiro atoms. The second-order valence-corrected chi connectivity index (χ2v) is 3.54. The molecular weight excluding hydrogens is 216 g/mol. The highest BCUT2D eigenvalue weighted by Gasteiger charge is 2.15. The largest absolute Gasteiger partial charge is 0.479 e. The molecule has 0 aliphatic heterocycles. The summed E-state index contributed by atoms with van der Waals surface area (Å²) in [6.45, 7) is 2.00. The van der Waals surface area contributed by atoms with Crippen LogP contribution < -0.4 is 0 Å². The monoisotopic (exact) mass is 228 g/mol. The van der Waals surface area contributed by atoms with E-state index in [-0.39, 0.29) is 6.61 Å². The highest BCUT2D eigenvalue weighted by atomic mass is 35.5. The molecule has 4 heteroatoms. The molecule has 1 unspecified atom stereocenters. The zero-order chi connectivity index (χ0) is 11.3. The molecule has 82 valence electrons. The zero-order valence-corrected chi connectivity index (χ0v) is 9.20. The first-order valence-electron chi connectivity index (χ1n) is 4.73. The Bertz CT molecular complexity index is 338. The smallest absolute Gasteiger partial charge is 0.332 e. The van der Waals surface area contributed by atoms with Gasteiger partial charge in [-0.25, -0.2) is 4.79 Å². The van der Waals surface area contributed by atoms with E-state index in [9.17, 15) is 4.79 Å². The summed E-state index contributed by atoms with van der Waals surface area (Å²) >= 11 is 5.90. The van der Waals surface area contributed by atoms with Crippen LogP contribution in [0.4, 0.5) is 0 Å². The van der Waals surface area contributed by atoms with Gasteiger partial charge in [-0.1, -0.05) is 36.7 Å². The fourth-order valence-electron chi connectivity index (χ4n) is 1.17. The summed E-state index contributed by atoms with van der Waals surface area (Å²) in [5, 5.41) is 9.36. The molecule has 1 aromatic rings. The second kappa shape index (κ2) is 5.73. The summed E-state index contributed by atoms with van der Waals surface area (Å²) in [6, 6.07) is 7.23. The maximum Gasteiger partial charge on any atom is 0.332 e. The first kappa shape index (κ1) is 12.0. The van der Waals surface area contributed by atoms with Crippen LogP contribution in [0, 0.1) is 0 Å². The van der Waals surface area contributed by atoms with Crippen molar-refractivity contribution < 1.29 is 14.6 Å². The number of benzene rings is 1. The molecule has 0 aromatic heterocycles. The molecule has 0 bridgehead atoms. The fraction of sp³-hybridized carbons (Fsp3) is 0.364. The van der Waals surface area contributed by atoms with E-state index in [4.69, 9.17) is 21.4 Å². The lowest BCUT2D eigenvalue weighted by Gasteiger charge is -2.11. The summed E-state index contributed by atoms with van der Waals surface area (Å²) in [4.78, 5) is 10.7. The number of hydrogen-bond acceptors (Lipinski definition) is 2. The third-order valence-corrected chi connectivity index (χ3v) is 2.41. The minimum Gasteiger partial charge on any atom is -0.479 e. The standard InChI is InChI=1S/C11H13ClO3/c1-2-10(11(13)14)15-7-8-5-3-4-6-9(8)12/h3-6,10H,2,7H2,1H3,(H,13,14). The maximum atomic E-state index is 10.7. The zero-order valence-electron chi connectivity index (χ0n) is 8.44. The van der Waals surface area contributed by atoms with E-state index in [2.05, 4.69) is 0 Å². The second-order valence-electron chi connectivity index (χ2n) is 3.14. The highest BCUT2D eigenvalue weighted by Crippen LogP contribution is 2.16. The van der Waals surface area contributed by atoms with Crippen LogP contribution in [0.15, 0.2) is 24.3 Å². The predicted octanol–water partition coefficient (Wildman–Crippen LogP) is 2.72. The van der Waals surface area contributed by atoms with Gasteiger partial charge in [0.2, 0.25) is 0 Å². The predicted molar refractivity (Wildman–Crippen MR) is 58.0 cm³/mol. The van der Waals surface area contributed by atoms with Crippen molar-refractivity contribution >= 4 is 17.6 Å². The van der Waals surface area contributed by atoms with Gasteiger partial charge in [-0.3, -0.25) is 0 Å². The van der Waals surface area contributed by atoms with Gasteiger partial charge in [-0.2, -0.15) is 0 Å². The van der Waals surface area contributed by atoms with E-state index >= 15 is 0 Å². The van der Waals surface area contributed by atoms with Crippen molar-refractivity contribution in [2.75, 3.05) is 0 Å². The first-order chi connectivity index (χ1) is 7.15. The van der Waals surface area contributed by atoms with Crippen molar-refractivity contribution in [3.63, 3.8) is 0 Å². The third kappa shape index (κ3) is 3.53. The lowest BCUT2D eigenvalue weighted by molar-refractivity contribution is -0.151. The number of ether oxygens (including phenoxy) is 1. The van der Waals surface area contributed by atoms with Gasteiger partial charge in [0, 0.05) is 5.02 Å². The molecule has 0 radical (unpaired) electrons. The molecule has 1 rings (SSSR count). The van der Waals surface area contributed by atoms with Crippen LogP contribution in [-0.4, -0.2) is 17.2 Å². The number of aliphatic carboxylic acids is 1. The van der Waals surface area contributed by atoms with E-state index in [0.717, 1.165) is 5.56 Å². The van der Waals surface area contributed by atoms with Crippen molar-refractivity contribution in [1.29, 1.82) is 0 Å². The normalized spacial score (nSPS) is 12.4. The Balaban J connectivity index is 2.56. The average Bonchev–Trinajstić information content (AvgIpc) is 2.21.